The lowest BCUT2D eigenvalue weighted by Gasteiger charge is -2.20. The number of carbonyl (C=O) groups excluding carboxylic acids is 1. The van der Waals surface area contributed by atoms with Crippen molar-refractivity contribution < 1.29 is 14.3 Å². The summed E-state index contributed by atoms with van der Waals surface area (Å²) in [4.78, 5) is 19.0. The summed E-state index contributed by atoms with van der Waals surface area (Å²) in [5.74, 6) is 1.19. The minimum absolute atomic E-state index is 0.0468. The van der Waals surface area contributed by atoms with Gasteiger partial charge in [-0.1, -0.05) is 29.8 Å². The molecule has 0 saturated carbocycles. The van der Waals surface area contributed by atoms with E-state index in [0.717, 1.165) is 48.0 Å². The first-order valence-electron chi connectivity index (χ1n) is 11.7. The predicted octanol–water partition coefficient (Wildman–Crippen LogP) is 4.43. The number of aryl methyl sites for hydroxylation is 2. The highest BCUT2D eigenvalue weighted by Gasteiger charge is 2.37. The van der Waals surface area contributed by atoms with Crippen LogP contribution in [0.1, 0.15) is 29.5 Å². The van der Waals surface area contributed by atoms with Crippen LogP contribution < -0.4 is 9.47 Å². The maximum absolute atomic E-state index is 12.6. The van der Waals surface area contributed by atoms with E-state index in [2.05, 4.69) is 28.0 Å². The number of hydrazone groups is 1. The van der Waals surface area contributed by atoms with Gasteiger partial charge >= 0.3 is 0 Å². The topological polar surface area (TPSA) is 90.6 Å². The van der Waals surface area contributed by atoms with Crippen LogP contribution in [-0.2, 0) is 4.79 Å². The first kappa shape index (κ1) is 23.2. The smallest absolute Gasteiger partial charge is 0.283 e. The third-order valence-electron chi connectivity index (χ3n) is 5.95. The average molecular weight is 490 g/mol. The van der Waals surface area contributed by atoms with E-state index in [1.165, 1.54) is 22.3 Å². The molecule has 180 valence electrons. The monoisotopic (exact) mass is 489 g/mol. The standard InChI is InChI=1S/C26H27N5O3S/c1-17-5-10-22(18(2)15-17)34-14-13-33-20-8-6-19(7-9-20)16-21-23(27)31-25(28-24(21)32)35-26(29-31)30-11-3-4-12-30/h5-10,15-16,27H,3-4,11-14H2,1-2H3/b21-16-,27-23?. The molecule has 0 unspecified atom stereocenters. The summed E-state index contributed by atoms with van der Waals surface area (Å²) in [6.07, 6.45) is 3.94. The van der Waals surface area contributed by atoms with Crippen molar-refractivity contribution in [1.82, 2.24) is 9.91 Å². The summed E-state index contributed by atoms with van der Waals surface area (Å²) < 4.78 is 11.6. The molecular formula is C26H27N5O3S. The minimum Gasteiger partial charge on any atom is -0.490 e. The first-order chi connectivity index (χ1) is 17.0. The molecule has 0 spiro atoms. The Balaban J connectivity index is 1.19. The Morgan fingerprint density at radius 2 is 1.77 bits per heavy atom. The maximum Gasteiger partial charge on any atom is 0.283 e. The van der Waals surface area contributed by atoms with E-state index < -0.39 is 5.91 Å². The second-order valence-corrected chi connectivity index (χ2v) is 9.57. The van der Waals surface area contributed by atoms with Gasteiger partial charge in [0.25, 0.3) is 5.91 Å². The average Bonchev–Trinajstić information content (AvgIpc) is 3.52. The molecule has 1 saturated heterocycles. The number of carbonyl (C=O) groups is 1. The minimum atomic E-state index is -0.421. The van der Waals surface area contributed by atoms with Gasteiger partial charge in [0.1, 0.15) is 24.7 Å². The number of ether oxygens (including phenoxy) is 2. The second-order valence-electron chi connectivity index (χ2n) is 8.63. The highest BCUT2D eigenvalue weighted by Crippen LogP contribution is 2.31. The third kappa shape index (κ3) is 5.09. The summed E-state index contributed by atoms with van der Waals surface area (Å²) in [5.41, 5.74) is 3.31. The maximum atomic E-state index is 12.6. The number of thioether (sulfide) groups is 1. The van der Waals surface area contributed by atoms with Crippen molar-refractivity contribution in [2.75, 3.05) is 26.3 Å². The molecule has 8 nitrogen and oxygen atoms in total. The quantitative estimate of drug-likeness (QED) is 0.477. The van der Waals surface area contributed by atoms with Crippen LogP contribution in [0.4, 0.5) is 0 Å². The van der Waals surface area contributed by atoms with Crippen LogP contribution in [0.5, 0.6) is 11.5 Å². The molecule has 0 aromatic heterocycles. The lowest BCUT2D eigenvalue weighted by molar-refractivity contribution is -0.114. The van der Waals surface area contributed by atoms with Crippen molar-refractivity contribution in [3.8, 4) is 11.5 Å². The van der Waals surface area contributed by atoms with Crippen LogP contribution in [0.2, 0.25) is 0 Å². The van der Waals surface area contributed by atoms with E-state index in [0.29, 0.717) is 24.1 Å². The van der Waals surface area contributed by atoms with Crippen molar-refractivity contribution in [2.24, 2.45) is 10.1 Å². The number of rotatable bonds is 6. The molecule has 0 radical (unpaired) electrons. The number of benzene rings is 2. The second kappa shape index (κ2) is 9.95. The Bertz CT molecular complexity index is 1250. The van der Waals surface area contributed by atoms with Gasteiger partial charge in [0.05, 0.1) is 5.57 Å². The van der Waals surface area contributed by atoms with Gasteiger partial charge in [-0.3, -0.25) is 10.2 Å². The number of hydrogen-bond acceptors (Lipinski definition) is 7. The Labute approximate surface area is 208 Å². The Morgan fingerprint density at radius 3 is 2.51 bits per heavy atom. The summed E-state index contributed by atoms with van der Waals surface area (Å²) in [5, 5.41) is 15.8. The third-order valence-corrected chi connectivity index (χ3v) is 6.92. The lowest BCUT2D eigenvalue weighted by atomic mass is 10.1. The highest BCUT2D eigenvalue weighted by atomic mass is 32.2. The molecule has 0 atom stereocenters. The normalized spacial score (nSPS) is 18.6. The van der Waals surface area contributed by atoms with Gasteiger partial charge in [0, 0.05) is 13.1 Å². The summed E-state index contributed by atoms with van der Waals surface area (Å²) in [6, 6.07) is 13.5. The van der Waals surface area contributed by atoms with Crippen LogP contribution >= 0.6 is 11.8 Å². The van der Waals surface area contributed by atoms with Gasteiger partial charge < -0.3 is 14.4 Å². The summed E-state index contributed by atoms with van der Waals surface area (Å²) >= 11 is 1.36. The van der Waals surface area contributed by atoms with E-state index in [1.807, 2.05) is 43.3 Å². The number of nitrogens with one attached hydrogen (secondary N) is 1. The van der Waals surface area contributed by atoms with Crippen molar-refractivity contribution in [1.29, 1.82) is 5.41 Å². The van der Waals surface area contributed by atoms with Crippen LogP contribution in [0.15, 0.2) is 58.1 Å². The number of likely N-dealkylation sites (tertiary alicyclic amines) is 1. The largest absolute Gasteiger partial charge is 0.490 e. The van der Waals surface area contributed by atoms with E-state index in [-0.39, 0.29) is 11.4 Å². The molecule has 0 bridgehead atoms. The Hall–Kier alpha value is -3.59. The molecule has 2 aromatic rings. The van der Waals surface area contributed by atoms with E-state index in [1.54, 1.807) is 6.08 Å². The Kier molecular flexibility index (Phi) is 6.59. The van der Waals surface area contributed by atoms with Crippen LogP contribution in [0, 0.1) is 19.3 Å². The van der Waals surface area contributed by atoms with Gasteiger partial charge in [0.2, 0.25) is 5.17 Å². The molecule has 1 N–H and O–H groups in total. The molecule has 5 rings (SSSR count). The SMILES string of the molecule is Cc1ccc(OCCOc2ccc(/C=C3/C(=N)N4N=C(N5CCCC5)SC4=NC3=O)cc2)c(C)c1. The number of nitrogens with zero attached hydrogens (tertiary/aromatic N) is 4. The number of hydrogen-bond donors (Lipinski definition) is 1. The van der Waals surface area contributed by atoms with E-state index in [4.69, 9.17) is 14.9 Å². The predicted molar refractivity (Wildman–Crippen MR) is 139 cm³/mol. The van der Waals surface area contributed by atoms with E-state index >= 15 is 0 Å². The lowest BCUT2D eigenvalue weighted by Crippen LogP contribution is -2.35. The van der Waals surface area contributed by atoms with Crippen LogP contribution in [-0.4, -0.2) is 58.3 Å². The van der Waals surface area contributed by atoms with Crippen molar-refractivity contribution >= 4 is 39.9 Å². The van der Waals surface area contributed by atoms with Crippen LogP contribution in [0.3, 0.4) is 0 Å². The fourth-order valence-electron chi connectivity index (χ4n) is 4.12. The Morgan fingerprint density at radius 1 is 1.03 bits per heavy atom. The molecule has 1 fully saturated rings. The number of amides is 1. The molecule has 1 amide bonds. The van der Waals surface area contributed by atoms with Crippen molar-refractivity contribution in [3.63, 3.8) is 0 Å². The van der Waals surface area contributed by atoms with Gasteiger partial charge in [-0.25, -0.2) is 0 Å². The zero-order chi connectivity index (χ0) is 24.4. The van der Waals surface area contributed by atoms with Crippen LogP contribution in [0.25, 0.3) is 6.08 Å². The molecule has 2 aromatic carbocycles. The van der Waals surface area contributed by atoms with Gasteiger partial charge in [-0.15, -0.1) is 5.10 Å². The van der Waals surface area contributed by atoms with Gasteiger partial charge in [0.15, 0.2) is 11.0 Å². The van der Waals surface area contributed by atoms with Gasteiger partial charge in [-0.2, -0.15) is 10.0 Å². The zero-order valence-corrected chi connectivity index (χ0v) is 20.6. The molecule has 3 heterocycles. The summed E-state index contributed by atoms with van der Waals surface area (Å²) in [7, 11) is 0. The number of fused-ring (bicyclic) bond motifs is 1. The first-order valence-corrected chi connectivity index (χ1v) is 12.5. The fourth-order valence-corrected chi connectivity index (χ4v) is 5.06. The highest BCUT2D eigenvalue weighted by molar-refractivity contribution is 8.26. The molecule has 3 aliphatic rings. The van der Waals surface area contributed by atoms with Crippen molar-refractivity contribution in [3.05, 3.63) is 64.7 Å². The van der Waals surface area contributed by atoms with E-state index in [9.17, 15) is 4.79 Å². The van der Waals surface area contributed by atoms with Gasteiger partial charge in [-0.05, 0) is 73.9 Å². The molecule has 35 heavy (non-hydrogen) atoms. The molecule has 3 aliphatic heterocycles. The molecule has 9 heteroatoms. The zero-order valence-electron chi connectivity index (χ0n) is 19.8. The molecular weight excluding hydrogens is 462 g/mol. The summed E-state index contributed by atoms with van der Waals surface area (Å²) in [6.45, 7) is 6.84. The number of amidine groups is 3. The number of aliphatic imine (C=N–C) groups is 1. The fraction of sp³-hybridized carbons (Fsp3) is 0.308. The van der Waals surface area contributed by atoms with Crippen molar-refractivity contribution in [2.45, 2.75) is 26.7 Å². The molecule has 0 aliphatic carbocycles.